The summed E-state index contributed by atoms with van der Waals surface area (Å²) in [6.07, 6.45) is 2.65. The van der Waals surface area contributed by atoms with Gasteiger partial charge in [-0.15, -0.1) is 0 Å². The molecule has 0 radical (unpaired) electrons. The Hall–Kier alpha value is -2.79. The van der Waals surface area contributed by atoms with E-state index in [2.05, 4.69) is 16.0 Å². The van der Waals surface area contributed by atoms with Crippen LogP contribution in [0.4, 0.5) is 0 Å². The minimum atomic E-state index is -1.14. The second-order valence-corrected chi connectivity index (χ2v) is 9.11. The topological polar surface area (TPSA) is 171 Å². The lowest BCUT2D eigenvalue weighted by Gasteiger charge is -2.22. The maximum absolute atomic E-state index is 12.6. The Morgan fingerprint density at radius 2 is 1.67 bits per heavy atom. The van der Waals surface area contributed by atoms with E-state index in [4.69, 9.17) is 5.73 Å². The lowest BCUT2D eigenvalue weighted by molar-refractivity contribution is -0.141. The van der Waals surface area contributed by atoms with E-state index >= 15 is 0 Å². The number of carbonyl (C=O) groups excluding carboxylic acids is 3. The molecule has 3 amide bonds. The molecule has 3 atom stereocenters. The Balaban J connectivity index is 2.65. The van der Waals surface area contributed by atoms with E-state index in [0.29, 0.717) is 12.2 Å². The summed E-state index contributed by atoms with van der Waals surface area (Å²) in [5, 5.41) is 26.0. The number of rotatable bonds is 14. The van der Waals surface area contributed by atoms with Crippen LogP contribution in [0.25, 0.3) is 0 Å². The van der Waals surface area contributed by atoms with Crippen molar-refractivity contribution >= 4 is 35.5 Å². The summed E-state index contributed by atoms with van der Waals surface area (Å²) < 4.78 is 0. The fraction of sp³-hybridized carbons (Fsp3) is 0.545. The number of phenols is 1. The molecule has 0 aliphatic rings. The largest absolute Gasteiger partial charge is 0.508 e. The molecule has 0 aliphatic carbocycles. The molecule has 0 aromatic heterocycles. The number of carboxylic acid groups (broad SMARTS) is 1. The van der Waals surface area contributed by atoms with Gasteiger partial charge in [0.15, 0.2) is 0 Å². The number of aromatic hydroxyl groups is 1. The number of amides is 3. The second kappa shape index (κ2) is 14.4. The summed E-state index contributed by atoms with van der Waals surface area (Å²) in [7, 11) is 0. The van der Waals surface area contributed by atoms with Crippen molar-refractivity contribution < 1.29 is 29.4 Å². The van der Waals surface area contributed by atoms with E-state index < -0.39 is 48.4 Å². The van der Waals surface area contributed by atoms with Gasteiger partial charge >= 0.3 is 5.97 Å². The summed E-state index contributed by atoms with van der Waals surface area (Å²) >= 11 is 1.47. The van der Waals surface area contributed by atoms with E-state index in [-0.39, 0.29) is 24.5 Å². The Bertz CT molecular complexity index is 803. The van der Waals surface area contributed by atoms with Crippen molar-refractivity contribution in [2.75, 3.05) is 18.6 Å². The monoisotopic (exact) mass is 482 g/mol. The summed E-state index contributed by atoms with van der Waals surface area (Å²) in [6.45, 7) is 3.36. The number of nitrogens with one attached hydrogen (secondary N) is 3. The van der Waals surface area contributed by atoms with Crippen molar-refractivity contribution in [2.45, 2.75) is 51.2 Å². The van der Waals surface area contributed by atoms with Gasteiger partial charge in [0.25, 0.3) is 0 Å². The van der Waals surface area contributed by atoms with Gasteiger partial charge in [-0.25, -0.2) is 4.79 Å². The summed E-state index contributed by atoms with van der Waals surface area (Å²) in [6, 6.07) is 3.46. The summed E-state index contributed by atoms with van der Waals surface area (Å²) in [4.78, 5) is 48.6. The van der Waals surface area contributed by atoms with Crippen LogP contribution in [0.1, 0.15) is 32.3 Å². The van der Waals surface area contributed by atoms with Crippen LogP contribution < -0.4 is 21.7 Å². The van der Waals surface area contributed by atoms with Crippen LogP contribution in [0, 0.1) is 5.92 Å². The molecule has 0 fully saturated rings. The van der Waals surface area contributed by atoms with Crippen LogP contribution in [-0.4, -0.2) is 70.6 Å². The van der Waals surface area contributed by atoms with Crippen molar-refractivity contribution in [1.82, 2.24) is 16.0 Å². The first kappa shape index (κ1) is 28.2. The van der Waals surface area contributed by atoms with Crippen LogP contribution in [0.15, 0.2) is 24.3 Å². The molecule has 0 heterocycles. The van der Waals surface area contributed by atoms with Crippen molar-refractivity contribution in [2.24, 2.45) is 11.7 Å². The van der Waals surface area contributed by atoms with Crippen LogP contribution in [-0.2, 0) is 25.6 Å². The molecule has 0 aliphatic heterocycles. The maximum atomic E-state index is 12.6. The highest BCUT2D eigenvalue weighted by Gasteiger charge is 2.26. The average Bonchev–Trinajstić information content (AvgIpc) is 2.75. The second-order valence-electron chi connectivity index (χ2n) is 8.13. The van der Waals surface area contributed by atoms with Gasteiger partial charge < -0.3 is 31.9 Å². The molecule has 0 saturated carbocycles. The first-order valence-electron chi connectivity index (χ1n) is 10.7. The van der Waals surface area contributed by atoms with E-state index in [9.17, 15) is 29.4 Å². The third-order valence-corrected chi connectivity index (χ3v) is 5.38. The van der Waals surface area contributed by atoms with Gasteiger partial charge in [-0.3, -0.25) is 14.4 Å². The number of aliphatic carboxylic acids is 1. The minimum Gasteiger partial charge on any atom is -0.508 e. The maximum Gasteiger partial charge on any atom is 0.326 e. The molecule has 1 aromatic rings. The molecule has 0 spiro atoms. The number of hydrogen-bond acceptors (Lipinski definition) is 7. The minimum absolute atomic E-state index is 0.0751. The highest BCUT2D eigenvalue weighted by molar-refractivity contribution is 7.98. The third-order valence-electron chi connectivity index (χ3n) is 4.74. The Kier molecular flexibility index (Phi) is 12.3. The van der Waals surface area contributed by atoms with Gasteiger partial charge in [-0.1, -0.05) is 26.0 Å². The van der Waals surface area contributed by atoms with Crippen molar-refractivity contribution in [3.8, 4) is 5.75 Å². The molecular weight excluding hydrogens is 448 g/mol. The Labute approximate surface area is 198 Å². The molecule has 11 heteroatoms. The van der Waals surface area contributed by atoms with Crippen LogP contribution >= 0.6 is 11.8 Å². The van der Waals surface area contributed by atoms with Gasteiger partial charge in [0.05, 0.1) is 12.6 Å². The number of hydrogen-bond donors (Lipinski definition) is 6. The van der Waals surface area contributed by atoms with Crippen molar-refractivity contribution in [3.63, 3.8) is 0 Å². The highest BCUT2D eigenvalue weighted by Crippen LogP contribution is 2.11. The van der Waals surface area contributed by atoms with Crippen molar-refractivity contribution in [3.05, 3.63) is 29.8 Å². The van der Waals surface area contributed by atoms with Crippen molar-refractivity contribution in [1.29, 1.82) is 0 Å². The highest BCUT2D eigenvalue weighted by atomic mass is 32.2. The quantitative estimate of drug-likeness (QED) is 0.219. The van der Waals surface area contributed by atoms with E-state index in [1.54, 1.807) is 12.1 Å². The summed E-state index contributed by atoms with van der Waals surface area (Å²) in [5.41, 5.74) is 6.74. The van der Waals surface area contributed by atoms with Gasteiger partial charge in [-0.2, -0.15) is 11.8 Å². The van der Waals surface area contributed by atoms with Gasteiger partial charge in [0.2, 0.25) is 17.7 Å². The first-order chi connectivity index (χ1) is 15.5. The van der Waals surface area contributed by atoms with Crippen LogP contribution in [0.2, 0.25) is 0 Å². The molecule has 10 nitrogen and oxygen atoms in total. The van der Waals surface area contributed by atoms with Gasteiger partial charge in [-0.05, 0) is 54.9 Å². The lowest BCUT2D eigenvalue weighted by Crippen LogP contribution is -2.54. The average molecular weight is 483 g/mol. The third kappa shape index (κ3) is 11.1. The predicted octanol–water partition coefficient (Wildman–Crippen LogP) is 0.232. The number of nitrogens with two attached hydrogens (primary N) is 1. The zero-order chi connectivity index (χ0) is 25.0. The SMILES string of the molecule is CSCCC(NC(=O)CNC(=O)C(CC(C)C)NC(=O)C(N)Cc1ccc(O)cc1)C(=O)O. The van der Waals surface area contributed by atoms with Crippen LogP contribution in [0.3, 0.4) is 0 Å². The molecule has 33 heavy (non-hydrogen) atoms. The number of phenolic OH excluding ortho intramolecular Hbond substituents is 1. The molecule has 0 bridgehead atoms. The molecule has 3 unspecified atom stereocenters. The van der Waals surface area contributed by atoms with E-state index in [0.717, 1.165) is 5.56 Å². The smallest absolute Gasteiger partial charge is 0.326 e. The molecule has 1 aromatic carbocycles. The zero-order valence-electron chi connectivity index (χ0n) is 19.2. The fourth-order valence-corrected chi connectivity index (χ4v) is 3.46. The normalized spacial score (nSPS) is 13.6. The Morgan fingerprint density at radius 3 is 2.21 bits per heavy atom. The van der Waals surface area contributed by atoms with E-state index in [1.807, 2.05) is 20.1 Å². The number of thioether (sulfide) groups is 1. The molecule has 1 rings (SSSR count). The molecule has 184 valence electrons. The number of benzene rings is 1. The van der Waals surface area contributed by atoms with Crippen LogP contribution in [0.5, 0.6) is 5.75 Å². The number of carboxylic acids is 1. The fourth-order valence-electron chi connectivity index (χ4n) is 2.99. The Morgan fingerprint density at radius 1 is 1.03 bits per heavy atom. The lowest BCUT2D eigenvalue weighted by atomic mass is 10.0. The van der Waals surface area contributed by atoms with Gasteiger partial charge in [0.1, 0.15) is 17.8 Å². The predicted molar refractivity (Wildman–Crippen MR) is 127 cm³/mol. The van der Waals surface area contributed by atoms with E-state index in [1.165, 1.54) is 23.9 Å². The molecule has 0 saturated heterocycles. The zero-order valence-corrected chi connectivity index (χ0v) is 20.0. The first-order valence-corrected chi connectivity index (χ1v) is 12.1. The molecule has 7 N–H and O–H groups in total. The standard InChI is InChI=1S/C22H34N4O6S/c1-13(2)10-18(26-20(29)16(23)11-14-4-6-15(27)7-5-14)21(30)24-12-19(28)25-17(22(31)32)8-9-33-3/h4-7,13,16-18,27H,8-12,23H2,1-3H3,(H,24,30)(H,25,28)(H,26,29)(H,31,32). The molecular formula is C22H34N4O6S. The summed E-state index contributed by atoms with van der Waals surface area (Å²) in [5.74, 6) is -2.10. The number of carbonyl (C=O) groups is 4. The van der Waals surface area contributed by atoms with Gasteiger partial charge in [0, 0.05) is 0 Å².